The third kappa shape index (κ3) is 4.85. The van der Waals surface area contributed by atoms with Crippen molar-refractivity contribution in [1.82, 2.24) is 5.43 Å². The van der Waals surface area contributed by atoms with Gasteiger partial charge in [0.05, 0.1) is 24.5 Å². The summed E-state index contributed by atoms with van der Waals surface area (Å²) in [6.45, 7) is 0. The highest BCUT2D eigenvalue weighted by molar-refractivity contribution is 5.95. The van der Waals surface area contributed by atoms with Crippen LogP contribution in [-0.2, 0) is 0 Å². The van der Waals surface area contributed by atoms with E-state index in [9.17, 15) is 18.4 Å². The molecule has 1 amide bonds. The number of nitrogens with one attached hydrogen (secondary N) is 1. The maximum Gasteiger partial charge on any atom is 0.346 e. The van der Waals surface area contributed by atoms with Crippen LogP contribution in [-0.4, -0.2) is 25.2 Å². The number of hydrazone groups is 1. The number of carbonyl (C=O) groups is 2. The fourth-order valence-corrected chi connectivity index (χ4v) is 2.50. The molecule has 6 nitrogen and oxygen atoms in total. The molecule has 1 N–H and O–H groups in total. The second-order valence-corrected chi connectivity index (χ2v) is 5.96. The minimum atomic E-state index is -0.870. The average Bonchev–Trinajstić information content (AvgIpc) is 2.75. The molecule has 30 heavy (non-hydrogen) atoms. The van der Waals surface area contributed by atoms with E-state index in [0.29, 0.717) is 5.56 Å². The zero-order chi connectivity index (χ0) is 21.5. The van der Waals surface area contributed by atoms with Crippen molar-refractivity contribution in [2.45, 2.75) is 0 Å². The fraction of sp³-hybridized carbons (Fsp3) is 0.0455. The molecule has 0 radical (unpaired) electrons. The molecule has 0 spiro atoms. The number of hydrogen-bond donors (Lipinski definition) is 1. The molecule has 152 valence electrons. The maximum atomic E-state index is 13.7. The van der Waals surface area contributed by atoms with Crippen LogP contribution in [0.3, 0.4) is 0 Å². The molecule has 0 aliphatic rings. The zero-order valence-electron chi connectivity index (χ0n) is 15.8. The first-order valence-electron chi connectivity index (χ1n) is 8.72. The van der Waals surface area contributed by atoms with Crippen LogP contribution in [0.5, 0.6) is 11.5 Å². The molecule has 0 saturated heterocycles. The van der Waals surface area contributed by atoms with Crippen molar-refractivity contribution < 1.29 is 27.8 Å². The molecule has 0 saturated carbocycles. The van der Waals surface area contributed by atoms with E-state index >= 15 is 0 Å². The van der Waals surface area contributed by atoms with Gasteiger partial charge in [-0.2, -0.15) is 5.10 Å². The Morgan fingerprint density at radius 3 is 2.17 bits per heavy atom. The van der Waals surface area contributed by atoms with Crippen molar-refractivity contribution in [3.63, 3.8) is 0 Å². The van der Waals surface area contributed by atoms with E-state index in [2.05, 4.69) is 10.5 Å². The summed E-state index contributed by atoms with van der Waals surface area (Å²) < 4.78 is 37.7. The van der Waals surface area contributed by atoms with Gasteiger partial charge in [-0.05, 0) is 48.0 Å². The van der Waals surface area contributed by atoms with E-state index in [1.165, 1.54) is 67.9 Å². The van der Waals surface area contributed by atoms with Crippen molar-refractivity contribution in [2.24, 2.45) is 5.10 Å². The van der Waals surface area contributed by atoms with Crippen LogP contribution in [0, 0.1) is 11.6 Å². The molecule has 0 atom stereocenters. The van der Waals surface area contributed by atoms with Gasteiger partial charge in [0.15, 0.2) is 11.5 Å². The number of carbonyl (C=O) groups excluding carboxylic acids is 2. The Bertz CT molecular complexity index is 1120. The summed E-state index contributed by atoms with van der Waals surface area (Å²) in [5.74, 6) is -2.65. The van der Waals surface area contributed by atoms with Crippen molar-refractivity contribution in [3.05, 3.63) is 95.1 Å². The zero-order valence-corrected chi connectivity index (χ0v) is 15.8. The Balaban J connectivity index is 1.70. The summed E-state index contributed by atoms with van der Waals surface area (Å²) in [5.41, 5.74) is 2.39. The van der Waals surface area contributed by atoms with Gasteiger partial charge in [0, 0.05) is 0 Å². The van der Waals surface area contributed by atoms with Gasteiger partial charge in [0.1, 0.15) is 11.6 Å². The number of benzene rings is 3. The molecular formula is C22H16F2N2O4. The molecule has 0 heterocycles. The van der Waals surface area contributed by atoms with Gasteiger partial charge in [0.2, 0.25) is 0 Å². The number of nitrogens with zero attached hydrogens (tertiary/aromatic N) is 1. The van der Waals surface area contributed by atoms with Crippen LogP contribution in [0.1, 0.15) is 26.3 Å². The molecule has 3 aromatic rings. The second-order valence-electron chi connectivity index (χ2n) is 5.96. The molecule has 8 heteroatoms. The van der Waals surface area contributed by atoms with E-state index in [-0.39, 0.29) is 22.6 Å². The lowest BCUT2D eigenvalue weighted by Gasteiger charge is -2.10. The lowest BCUT2D eigenvalue weighted by atomic mass is 10.2. The highest BCUT2D eigenvalue weighted by atomic mass is 19.1. The number of methoxy groups -OCH3 is 1. The second kappa shape index (κ2) is 9.42. The van der Waals surface area contributed by atoms with Gasteiger partial charge in [-0.3, -0.25) is 4.79 Å². The number of ether oxygens (including phenoxy) is 2. The number of esters is 1. The minimum absolute atomic E-state index is 0.0818. The van der Waals surface area contributed by atoms with E-state index in [4.69, 9.17) is 9.47 Å². The summed E-state index contributed by atoms with van der Waals surface area (Å²) in [6, 6.07) is 15.5. The van der Waals surface area contributed by atoms with Crippen LogP contribution in [0.25, 0.3) is 0 Å². The van der Waals surface area contributed by atoms with Crippen LogP contribution in [0.15, 0.2) is 71.8 Å². The quantitative estimate of drug-likeness (QED) is 0.289. The lowest BCUT2D eigenvalue weighted by Crippen LogP contribution is -2.18. The monoisotopic (exact) mass is 410 g/mol. The highest BCUT2D eigenvalue weighted by Crippen LogP contribution is 2.28. The maximum absolute atomic E-state index is 13.7. The van der Waals surface area contributed by atoms with E-state index < -0.39 is 23.5 Å². The molecule has 0 aliphatic heterocycles. The van der Waals surface area contributed by atoms with Gasteiger partial charge < -0.3 is 9.47 Å². The first-order valence-corrected chi connectivity index (χ1v) is 8.72. The van der Waals surface area contributed by atoms with Crippen molar-refractivity contribution in [1.29, 1.82) is 0 Å². The van der Waals surface area contributed by atoms with Crippen molar-refractivity contribution >= 4 is 18.1 Å². The summed E-state index contributed by atoms with van der Waals surface area (Å²) in [7, 11) is 1.37. The smallest absolute Gasteiger partial charge is 0.346 e. The van der Waals surface area contributed by atoms with Crippen LogP contribution in [0.4, 0.5) is 8.78 Å². The van der Waals surface area contributed by atoms with Gasteiger partial charge in [0.25, 0.3) is 5.91 Å². The Kier molecular flexibility index (Phi) is 6.49. The molecule has 0 bridgehead atoms. The average molecular weight is 410 g/mol. The Morgan fingerprint density at radius 1 is 0.900 bits per heavy atom. The molecule has 3 aromatic carbocycles. The third-order valence-corrected chi connectivity index (χ3v) is 3.98. The number of rotatable bonds is 6. The van der Waals surface area contributed by atoms with E-state index in [1.807, 2.05) is 0 Å². The Labute approximate surface area is 170 Å². The lowest BCUT2D eigenvalue weighted by molar-refractivity contribution is 0.0724. The van der Waals surface area contributed by atoms with Crippen molar-refractivity contribution in [2.75, 3.05) is 7.11 Å². The van der Waals surface area contributed by atoms with Crippen LogP contribution in [0.2, 0.25) is 0 Å². The third-order valence-electron chi connectivity index (χ3n) is 3.98. The SMILES string of the molecule is COc1cc(/C=N\NC(=O)c2ccccc2F)ccc1OC(=O)c1ccccc1F. The summed E-state index contributed by atoms with van der Waals surface area (Å²) in [5, 5.41) is 3.78. The van der Waals surface area contributed by atoms with Crippen LogP contribution >= 0.6 is 0 Å². The molecule has 0 fully saturated rings. The summed E-state index contributed by atoms with van der Waals surface area (Å²) in [4.78, 5) is 24.1. The summed E-state index contributed by atoms with van der Waals surface area (Å²) >= 11 is 0. The van der Waals surface area contributed by atoms with Crippen LogP contribution < -0.4 is 14.9 Å². The molecule has 0 aromatic heterocycles. The van der Waals surface area contributed by atoms with Gasteiger partial charge in [-0.15, -0.1) is 0 Å². The highest BCUT2D eigenvalue weighted by Gasteiger charge is 2.16. The van der Waals surface area contributed by atoms with Crippen molar-refractivity contribution in [3.8, 4) is 11.5 Å². The normalized spacial score (nSPS) is 10.6. The number of amides is 1. The standard InChI is InChI=1S/C22H16F2N2O4/c1-29-20-12-14(13-25-26-21(27)15-6-2-4-8-17(15)23)10-11-19(20)30-22(28)16-7-3-5-9-18(16)24/h2-13H,1H3,(H,26,27)/b25-13-. The molecule has 3 rings (SSSR count). The molecule has 0 aliphatic carbocycles. The topological polar surface area (TPSA) is 77.0 Å². The minimum Gasteiger partial charge on any atom is -0.493 e. The number of hydrogen-bond acceptors (Lipinski definition) is 5. The van der Waals surface area contributed by atoms with E-state index in [0.717, 1.165) is 6.07 Å². The largest absolute Gasteiger partial charge is 0.493 e. The van der Waals surface area contributed by atoms with Gasteiger partial charge in [-0.1, -0.05) is 24.3 Å². The molecule has 0 unspecified atom stereocenters. The van der Waals surface area contributed by atoms with E-state index in [1.54, 1.807) is 6.07 Å². The predicted octanol–water partition coefficient (Wildman–Crippen LogP) is 3.96. The number of halogens is 2. The molecular weight excluding hydrogens is 394 g/mol. The van der Waals surface area contributed by atoms with Gasteiger partial charge >= 0.3 is 5.97 Å². The Hall–Kier alpha value is -4.07. The summed E-state index contributed by atoms with van der Waals surface area (Å²) in [6.07, 6.45) is 1.31. The predicted molar refractivity (Wildman–Crippen MR) is 106 cm³/mol. The Morgan fingerprint density at radius 2 is 1.53 bits per heavy atom. The first kappa shape index (κ1) is 20.7. The van der Waals surface area contributed by atoms with Gasteiger partial charge in [-0.25, -0.2) is 19.0 Å². The first-order chi connectivity index (χ1) is 14.5. The fourth-order valence-electron chi connectivity index (χ4n) is 2.50.